The standard InChI is InChI=1S/C6H9OS/c1-4-5-6(2,3)8-7/h1H,5H2,2-3H3/q+1. The molecular formula is C6H9OS+. The third-order valence-electron chi connectivity index (χ3n) is 0.753. The van der Waals surface area contributed by atoms with Gasteiger partial charge in [-0.15, -0.1) is 12.3 Å². The SMILES string of the molecule is C#CCC(C)(C)[S+]=O. The van der Waals surface area contributed by atoms with Gasteiger partial charge in [0.1, 0.15) is 0 Å². The molecule has 0 aliphatic heterocycles. The fourth-order valence-corrected chi connectivity index (χ4v) is 0.418. The summed E-state index contributed by atoms with van der Waals surface area (Å²) in [4.78, 5) is 0. The Labute approximate surface area is 54.0 Å². The van der Waals surface area contributed by atoms with Crippen LogP contribution in [0.25, 0.3) is 0 Å². The largest absolute Gasteiger partial charge is 0.465 e. The molecule has 0 N–H and O–H groups in total. The lowest BCUT2D eigenvalue weighted by Crippen LogP contribution is -2.15. The minimum atomic E-state index is -0.283. The summed E-state index contributed by atoms with van der Waals surface area (Å²) in [6, 6.07) is 0. The van der Waals surface area contributed by atoms with E-state index in [1.165, 1.54) is 0 Å². The summed E-state index contributed by atoms with van der Waals surface area (Å²) in [5, 5.41) is 0. The van der Waals surface area contributed by atoms with Crippen LogP contribution in [0.1, 0.15) is 20.3 Å². The summed E-state index contributed by atoms with van der Waals surface area (Å²) in [7, 11) is 0. The van der Waals surface area contributed by atoms with Gasteiger partial charge in [0.15, 0.2) is 0 Å². The maximum absolute atomic E-state index is 10.2. The fraction of sp³-hybridized carbons (Fsp3) is 0.667. The zero-order valence-corrected chi connectivity index (χ0v) is 5.92. The second-order valence-corrected chi connectivity index (χ2v) is 3.50. The van der Waals surface area contributed by atoms with Crippen LogP contribution in [0.3, 0.4) is 0 Å². The zero-order valence-electron chi connectivity index (χ0n) is 5.10. The Morgan fingerprint density at radius 1 is 1.75 bits per heavy atom. The normalized spacial score (nSPS) is 10.1. The Bertz CT molecular complexity index is 121. The molecule has 44 valence electrons. The molecule has 0 rings (SSSR count). The van der Waals surface area contributed by atoms with Crippen molar-refractivity contribution in [3.8, 4) is 12.3 Å². The highest BCUT2D eigenvalue weighted by Gasteiger charge is 2.30. The second-order valence-electron chi connectivity index (χ2n) is 2.22. The Balaban J connectivity index is 3.76. The van der Waals surface area contributed by atoms with Crippen molar-refractivity contribution in [2.24, 2.45) is 0 Å². The van der Waals surface area contributed by atoms with Crippen molar-refractivity contribution in [3.63, 3.8) is 0 Å². The van der Waals surface area contributed by atoms with Crippen molar-refractivity contribution in [2.45, 2.75) is 25.0 Å². The van der Waals surface area contributed by atoms with Gasteiger partial charge in [-0.1, -0.05) is 0 Å². The molecule has 0 aliphatic carbocycles. The van der Waals surface area contributed by atoms with E-state index in [1.807, 2.05) is 13.8 Å². The first-order valence-electron chi connectivity index (χ1n) is 2.37. The van der Waals surface area contributed by atoms with E-state index in [2.05, 4.69) is 5.92 Å². The Morgan fingerprint density at radius 3 is 2.38 bits per heavy atom. The van der Waals surface area contributed by atoms with Gasteiger partial charge in [0.2, 0.25) is 0 Å². The molecule has 0 spiro atoms. The van der Waals surface area contributed by atoms with Gasteiger partial charge in [-0.2, -0.15) is 0 Å². The predicted octanol–water partition coefficient (Wildman–Crippen LogP) is 1.22. The van der Waals surface area contributed by atoms with Crippen LogP contribution in [0, 0.1) is 12.3 Å². The van der Waals surface area contributed by atoms with E-state index in [1.54, 1.807) is 0 Å². The smallest absolute Gasteiger partial charge is 0.120 e. The highest BCUT2D eigenvalue weighted by Crippen LogP contribution is 2.08. The minimum absolute atomic E-state index is 0.283. The average molecular weight is 129 g/mol. The van der Waals surface area contributed by atoms with Crippen LogP contribution in [0.15, 0.2) is 0 Å². The Kier molecular flexibility index (Phi) is 2.64. The monoisotopic (exact) mass is 129 g/mol. The third-order valence-corrected chi connectivity index (χ3v) is 1.35. The molecule has 0 amide bonds. The van der Waals surface area contributed by atoms with Crippen LogP contribution in [0.5, 0.6) is 0 Å². The molecule has 8 heavy (non-hydrogen) atoms. The van der Waals surface area contributed by atoms with Crippen LogP contribution >= 0.6 is 0 Å². The van der Waals surface area contributed by atoms with Crippen molar-refractivity contribution in [2.75, 3.05) is 0 Å². The van der Waals surface area contributed by atoms with E-state index >= 15 is 0 Å². The summed E-state index contributed by atoms with van der Waals surface area (Å²) in [6.07, 6.45) is 5.53. The van der Waals surface area contributed by atoms with Gasteiger partial charge >= 0.3 is 11.7 Å². The third kappa shape index (κ3) is 2.70. The molecule has 0 heterocycles. The molecule has 0 aromatic rings. The lowest BCUT2D eigenvalue weighted by Gasteiger charge is -1.94. The summed E-state index contributed by atoms with van der Waals surface area (Å²) in [5.41, 5.74) is 0. The molecule has 1 nitrogen and oxygen atoms in total. The van der Waals surface area contributed by atoms with E-state index in [9.17, 15) is 4.21 Å². The highest BCUT2D eigenvalue weighted by atomic mass is 32.1. The minimum Gasteiger partial charge on any atom is -0.120 e. The topological polar surface area (TPSA) is 17.1 Å². The van der Waals surface area contributed by atoms with E-state index < -0.39 is 0 Å². The number of hydrogen-bond acceptors (Lipinski definition) is 1. The van der Waals surface area contributed by atoms with Gasteiger partial charge in [0.25, 0.3) is 4.75 Å². The summed E-state index contributed by atoms with van der Waals surface area (Å²) in [6.45, 7) is 3.68. The zero-order chi connectivity index (χ0) is 6.62. The van der Waals surface area contributed by atoms with Crippen LogP contribution in [-0.4, -0.2) is 4.75 Å². The maximum atomic E-state index is 10.2. The van der Waals surface area contributed by atoms with Gasteiger partial charge in [0, 0.05) is 18.1 Å². The number of rotatable bonds is 2. The Hall–Kier alpha value is -0.420. The van der Waals surface area contributed by atoms with E-state index in [-0.39, 0.29) is 4.75 Å². The molecule has 0 saturated carbocycles. The molecule has 0 radical (unpaired) electrons. The van der Waals surface area contributed by atoms with E-state index in [0.717, 1.165) is 0 Å². The van der Waals surface area contributed by atoms with Gasteiger partial charge < -0.3 is 0 Å². The van der Waals surface area contributed by atoms with Crippen LogP contribution < -0.4 is 0 Å². The lowest BCUT2D eigenvalue weighted by molar-refractivity contribution is 0.581. The second kappa shape index (κ2) is 2.78. The van der Waals surface area contributed by atoms with Gasteiger partial charge in [0.05, 0.1) is 6.42 Å². The summed E-state index contributed by atoms with van der Waals surface area (Å²) >= 11 is 0.559. The lowest BCUT2D eigenvalue weighted by atomic mass is 10.1. The molecule has 0 bridgehead atoms. The van der Waals surface area contributed by atoms with E-state index in [4.69, 9.17) is 6.42 Å². The van der Waals surface area contributed by atoms with Crippen molar-refractivity contribution >= 4 is 11.7 Å². The Morgan fingerprint density at radius 2 is 2.25 bits per heavy atom. The van der Waals surface area contributed by atoms with Crippen molar-refractivity contribution in [1.82, 2.24) is 0 Å². The molecule has 0 aliphatic rings. The van der Waals surface area contributed by atoms with Gasteiger partial charge in [-0.25, -0.2) is 0 Å². The van der Waals surface area contributed by atoms with E-state index in [0.29, 0.717) is 18.1 Å². The van der Waals surface area contributed by atoms with Gasteiger partial charge in [-0.05, 0) is 0 Å². The van der Waals surface area contributed by atoms with Crippen molar-refractivity contribution < 1.29 is 4.21 Å². The predicted molar refractivity (Wildman–Crippen MR) is 35.6 cm³/mol. The molecular weight excluding hydrogens is 120 g/mol. The first-order valence-corrected chi connectivity index (χ1v) is 3.11. The number of hydrogen-bond donors (Lipinski definition) is 0. The molecule has 0 aromatic carbocycles. The molecule has 0 fully saturated rings. The van der Waals surface area contributed by atoms with Crippen LogP contribution in [0.2, 0.25) is 0 Å². The molecule has 2 heteroatoms. The molecule has 0 atom stereocenters. The molecule has 0 saturated heterocycles. The molecule has 0 unspecified atom stereocenters. The fourth-order valence-electron chi connectivity index (χ4n) is 0.275. The first kappa shape index (κ1) is 7.58. The summed E-state index contributed by atoms with van der Waals surface area (Å²) in [5.74, 6) is 2.44. The molecule has 0 aromatic heterocycles. The highest BCUT2D eigenvalue weighted by molar-refractivity contribution is 7.67. The van der Waals surface area contributed by atoms with Crippen molar-refractivity contribution in [1.29, 1.82) is 0 Å². The number of terminal acetylenes is 1. The van der Waals surface area contributed by atoms with Gasteiger partial charge in [-0.3, -0.25) is 0 Å². The quantitative estimate of drug-likeness (QED) is 0.404. The van der Waals surface area contributed by atoms with Crippen molar-refractivity contribution in [3.05, 3.63) is 0 Å². The van der Waals surface area contributed by atoms with Crippen LogP contribution in [-0.2, 0) is 15.9 Å². The van der Waals surface area contributed by atoms with Crippen LogP contribution in [0.4, 0.5) is 0 Å². The maximum Gasteiger partial charge on any atom is 0.465 e. The first-order chi connectivity index (χ1) is 3.62. The average Bonchev–Trinajstić information content (AvgIpc) is 1.67. The summed E-state index contributed by atoms with van der Waals surface area (Å²) < 4.78 is 9.88.